The van der Waals surface area contributed by atoms with Crippen molar-refractivity contribution in [2.75, 3.05) is 0 Å². The number of hydrogen-bond donors (Lipinski definition) is 0. The molecule has 0 atom stereocenters. The molecule has 0 saturated carbocycles. The Balaban J connectivity index is 3.66. The summed E-state index contributed by atoms with van der Waals surface area (Å²) in [6.07, 6.45) is 0. The van der Waals surface area contributed by atoms with Gasteiger partial charge >= 0.3 is 0 Å². The first-order valence-corrected chi connectivity index (χ1v) is 3.22. The number of nitrogens with zero attached hydrogens (tertiary/aromatic N) is 3. The van der Waals surface area contributed by atoms with Gasteiger partial charge in [-0.15, -0.1) is 0 Å². The maximum Gasteiger partial charge on any atom is 0.284 e. The highest BCUT2D eigenvalue weighted by Gasteiger charge is 2.10. The van der Waals surface area contributed by atoms with Gasteiger partial charge in [-0.2, -0.15) is 5.26 Å². The Hall–Kier alpha value is -1.50. The summed E-state index contributed by atoms with van der Waals surface area (Å²) < 4.78 is 3.06. The van der Waals surface area contributed by atoms with Crippen LogP contribution in [0.15, 0.2) is 4.79 Å². The molecular weight excluding hydrogens is 142 g/mol. The van der Waals surface area contributed by atoms with Crippen LogP contribution in [0.4, 0.5) is 0 Å². The normalized spacial score (nSPS) is 9.64. The largest absolute Gasteiger partial charge is 0.289 e. The van der Waals surface area contributed by atoms with Crippen LogP contribution >= 0.6 is 0 Å². The number of hydrogen-bond acceptors (Lipinski definition) is 2. The van der Waals surface area contributed by atoms with E-state index in [-0.39, 0.29) is 11.1 Å². The molecule has 0 bridgehead atoms. The predicted octanol–water partition coefficient (Wildman–Crippen LogP) is -0.0961. The van der Waals surface area contributed by atoms with Crippen molar-refractivity contribution in [2.24, 2.45) is 14.1 Å². The summed E-state index contributed by atoms with van der Waals surface area (Å²) in [6.45, 7) is 1.75. The fraction of sp³-hybridized carbons (Fsp3) is 0.429. The second kappa shape index (κ2) is 2.27. The highest BCUT2D eigenvalue weighted by Crippen LogP contribution is 1.98. The van der Waals surface area contributed by atoms with Crippen LogP contribution in [-0.2, 0) is 14.1 Å². The molecule has 0 aromatic carbocycles. The van der Waals surface area contributed by atoms with Crippen molar-refractivity contribution in [2.45, 2.75) is 6.92 Å². The fourth-order valence-corrected chi connectivity index (χ4v) is 0.968. The number of aromatic nitrogens is 2. The van der Waals surface area contributed by atoms with Crippen LogP contribution in [0.25, 0.3) is 0 Å². The van der Waals surface area contributed by atoms with Crippen molar-refractivity contribution in [1.29, 1.82) is 5.26 Å². The van der Waals surface area contributed by atoms with Crippen LogP contribution < -0.4 is 5.56 Å². The van der Waals surface area contributed by atoms with Gasteiger partial charge in [0.2, 0.25) is 0 Å². The molecule has 4 heteroatoms. The Morgan fingerprint density at radius 1 is 1.36 bits per heavy atom. The average molecular weight is 151 g/mol. The van der Waals surface area contributed by atoms with Crippen LogP contribution in [0, 0.1) is 18.3 Å². The molecule has 0 aliphatic rings. The lowest BCUT2D eigenvalue weighted by Crippen LogP contribution is -2.17. The smallest absolute Gasteiger partial charge is 0.284 e. The average Bonchev–Trinajstić information content (AvgIpc) is 2.17. The van der Waals surface area contributed by atoms with Gasteiger partial charge in [0.1, 0.15) is 11.6 Å². The minimum atomic E-state index is -0.229. The number of rotatable bonds is 0. The molecule has 58 valence electrons. The van der Waals surface area contributed by atoms with Gasteiger partial charge < -0.3 is 0 Å². The standard InChI is InChI=1S/C7H9N3O/c1-5-6(4-8)7(11)10(3)9(5)2/h1-3H3. The Morgan fingerprint density at radius 3 is 2.09 bits per heavy atom. The zero-order valence-electron chi connectivity index (χ0n) is 6.75. The summed E-state index contributed by atoms with van der Waals surface area (Å²) in [5, 5.41) is 8.56. The van der Waals surface area contributed by atoms with Crippen LogP contribution in [0.2, 0.25) is 0 Å². The zero-order valence-corrected chi connectivity index (χ0v) is 6.75. The molecule has 0 N–H and O–H groups in total. The lowest BCUT2D eigenvalue weighted by molar-refractivity contribution is 0.567. The molecule has 0 amide bonds. The molecule has 1 aromatic rings. The van der Waals surface area contributed by atoms with Gasteiger partial charge in [0.25, 0.3) is 5.56 Å². The van der Waals surface area contributed by atoms with E-state index < -0.39 is 0 Å². The molecule has 0 radical (unpaired) electrons. The van der Waals surface area contributed by atoms with E-state index in [1.807, 2.05) is 6.07 Å². The van der Waals surface area contributed by atoms with Crippen molar-refractivity contribution in [1.82, 2.24) is 9.36 Å². The third kappa shape index (κ3) is 0.855. The van der Waals surface area contributed by atoms with E-state index in [0.29, 0.717) is 5.69 Å². The third-order valence-corrected chi connectivity index (χ3v) is 1.92. The first kappa shape index (κ1) is 7.61. The first-order chi connectivity index (χ1) is 5.09. The molecule has 0 aliphatic carbocycles. The van der Waals surface area contributed by atoms with E-state index in [0.717, 1.165) is 0 Å². The zero-order chi connectivity index (χ0) is 8.59. The fourth-order valence-electron chi connectivity index (χ4n) is 0.968. The van der Waals surface area contributed by atoms with Crippen molar-refractivity contribution < 1.29 is 0 Å². The molecule has 0 aliphatic heterocycles. The lowest BCUT2D eigenvalue weighted by atomic mass is 10.3. The molecular formula is C7H9N3O. The topological polar surface area (TPSA) is 50.7 Å². The van der Waals surface area contributed by atoms with E-state index in [1.165, 1.54) is 4.68 Å². The minimum absolute atomic E-state index is 0.229. The quantitative estimate of drug-likeness (QED) is 0.520. The van der Waals surface area contributed by atoms with Gasteiger partial charge in [0.05, 0.1) is 5.69 Å². The molecule has 0 saturated heterocycles. The van der Waals surface area contributed by atoms with Gasteiger partial charge in [-0.1, -0.05) is 0 Å². The van der Waals surface area contributed by atoms with Gasteiger partial charge in [0.15, 0.2) is 0 Å². The molecule has 4 nitrogen and oxygen atoms in total. The maximum atomic E-state index is 11.2. The minimum Gasteiger partial charge on any atom is -0.289 e. The SMILES string of the molecule is Cc1c(C#N)c(=O)n(C)n1C. The van der Waals surface area contributed by atoms with Gasteiger partial charge in [-0.05, 0) is 6.92 Å². The lowest BCUT2D eigenvalue weighted by Gasteiger charge is -1.98. The van der Waals surface area contributed by atoms with Crippen molar-refractivity contribution in [3.8, 4) is 6.07 Å². The van der Waals surface area contributed by atoms with Crippen molar-refractivity contribution >= 4 is 0 Å². The Morgan fingerprint density at radius 2 is 1.91 bits per heavy atom. The van der Waals surface area contributed by atoms with E-state index in [1.54, 1.807) is 25.7 Å². The first-order valence-electron chi connectivity index (χ1n) is 3.22. The molecule has 0 spiro atoms. The van der Waals surface area contributed by atoms with Crippen molar-refractivity contribution in [3.63, 3.8) is 0 Å². The molecule has 0 fully saturated rings. The van der Waals surface area contributed by atoms with E-state index >= 15 is 0 Å². The summed E-state index contributed by atoms with van der Waals surface area (Å²) in [4.78, 5) is 11.2. The molecule has 0 unspecified atom stereocenters. The number of nitriles is 1. The summed E-state index contributed by atoms with van der Waals surface area (Å²) >= 11 is 0. The van der Waals surface area contributed by atoms with Crippen LogP contribution in [0.5, 0.6) is 0 Å². The highest BCUT2D eigenvalue weighted by atomic mass is 16.1. The van der Waals surface area contributed by atoms with Gasteiger partial charge in [0, 0.05) is 14.1 Å². The molecule has 1 heterocycles. The Bertz CT molecular complexity index is 378. The summed E-state index contributed by atoms with van der Waals surface area (Å²) in [7, 11) is 3.38. The van der Waals surface area contributed by atoms with Gasteiger partial charge in [-0.3, -0.25) is 14.2 Å². The highest BCUT2D eigenvalue weighted by molar-refractivity contribution is 5.30. The second-order valence-electron chi connectivity index (χ2n) is 2.42. The van der Waals surface area contributed by atoms with E-state index in [9.17, 15) is 4.79 Å². The van der Waals surface area contributed by atoms with Crippen LogP contribution in [0.1, 0.15) is 11.3 Å². The van der Waals surface area contributed by atoms with Crippen molar-refractivity contribution in [3.05, 3.63) is 21.6 Å². The maximum absolute atomic E-state index is 11.2. The second-order valence-corrected chi connectivity index (χ2v) is 2.42. The molecule has 1 rings (SSSR count). The predicted molar refractivity (Wildman–Crippen MR) is 40.1 cm³/mol. The van der Waals surface area contributed by atoms with Crippen LogP contribution in [-0.4, -0.2) is 9.36 Å². The van der Waals surface area contributed by atoms with E-state index in [2.05, 4.69) is 0 Å². The summed E-state index contributed by atoms with van der Waals surface area (Å²) in [6, 6.07) is 1.87. The Kier molecular flexibility index (Phi) is 1.57. The Labute approximate surface area is 64.3 Å². The molecule has 11 heavy (non-hydrogen) atoms. The van der Waals surface area contributed by atoms with E-state index in [4.69, 9.17) is 5.26 Å². The van der Waals surface area contributed by atoms with Gasteiger partial charge in [-0.25, -0.2) is 0 Å². The van der Waals surface area contributed by atoms with Crippen LogP contribution in [0.3, 0.4) is 0 Å². The monoisotopic (exact) mass is 151 g/mol. The third-order valence-electron chi connectivity index (χ3n) is 1.92. The summed E-state index contributed by atoms with van der Waals surface area (Å²) in [5.41, 5.74) is 0.711. The molecule has 1 aromatic heterocycles. The summed E-state index contributed by atoms with van der Waals surface area (Å²) in [5.74, 6) is 0.